The van der Waals surface area contributed by atoms with E-state index in [1.165, 1.54) is 51.4 Å². The van der Waals surface area contributed by atoms with Crippen LogP contribution in [0.15, 0.2) is 36.6 Å². The molecule has 8 heteroatoms. The number of carbonyl (C=O) groups is 3. The Kier molecular flexibility index (Phi) is 34.4. The molecule has 0 atom stereocenters. The topological polar surface area (TPSA) is 94.2 Å². The zero-order chi connectivity index (χ0) is 36.0. The number of rotatable bonds is 34. The molecule has 0 unspecified atom stereocenters. The van der Waals surface area contributed by atoms with E-state index >= 15 is 0 Å². The molecule has 0 aliphatic rings. The first kappa shape index (κ1) is 46.2. The van der Waals surface area contributed by atoms with Crippen LogP contribution in [0.25, 0.3) is 0 Å². The molecule has 0 bridgehead atoms. The average molecular weight is 691 g/mol. The quantitative estimate of drug-likeness (QED) is 0.0311. The second-order valence-electron chi connectivity index (χ2n) is 13.4. The molecule has 0 saturated carbocycles. The van der Waals surface area contributed by atoms with Crippen molar-refractivity contribution in [3.05, 3.63) is 36.6 Å². The lowest BCUT2D eigenvalue weighted by molar-refractivity contribution is -0.143. The van der Waals surface area contributed by atoms with Gasteiger partial charge in [0, 0.05) is 33.5 Å². The van der Waals surface area contributed by atoms with Gasteiger partial charge in [-0.25, -0.2) is 4.79 Å². The van der Waals surface area contributed by atoms with E-state index in [1.807, 2.05) is 43.4 Å². The number of nitrogens with one attached hydrogen (secondary N) is 1. The lowest BCUT2D eigenvalue weighted by Gasteiger charge is -2.18. The molecule has 1 N–H and O–H groups in total. The van der Waals surface area contributed by atoms with Crippen LogP contribution in [-0.4, -0.2) is 62.9 Å². The van der Waals surface area contributed by atoms with Gasteiger partial charge in [-0.05, 0) is 76.5 Å². The fourth-order valence-corrected chi connectivity index (χ4v) is 5.38. The normalized spacial score (nSPS) is 11.6. The number of amides is 1. The van der Waals surface area contributed by atoms with E-state index in [-0.39, 0.29) is 24.1 Å². The van der Waals surface area contributed by atoms with Gasteiger partial charge in [-0.15, -0.1) is 0 Å². The number of nitrogens with zero attached hydrogens (tertiary/aromatic N) is 1. The minimum absolute atomic E-state index is 0.109. The van der Waals surface area contributed by atoms with Gasteiger partial charge in [0.1, 0.15) is 19.3 Å². The molecule has 0 fully saturated rings. The third-order valence-corrected chi connectivity index (χ3v) is 8.32. The van der Waals surface area contributed by atoms with Crippen molar-refractivity contribution in [2.24, 2.45) is 0 Å². The highest BCUT2D eigenvalue weighted by Gasteiger charge is 2.14. The smallest absolute Gasteiger partial charge is 0.407 e. The lowest BCUT2D eigenvalue weighted by atomic mass is 10.0. The first-order valence-electron chi connectivity index (χ1n) is 19.8. The second kappa shape index (κ2) is 36.5. The fraction of sp³-hybridized carbons (Fsp3) is 0.780. The predicted octanol–water partition coefficient (Wildman–Crippen LogP) is 10.8. The molecule has 0 saturated heterocycles. The van der Waals surface area contributed by atoms with Crippen molar-refractivity contribution in [1.29, 1.82) is 0 Å². The Morgan fingerprint density at radius 1 is 0.571 bits per heavy atom. The van der Waals surface area contributed by atoms with Gasteiger partial charge in [-0.3, -0.25) is 9.59 Å². The molecular weight excluding hydrogens is 616 g/mol. The number of carbonyl (C=O) groups excluding carboxylic acids is 3. The number of unbranched alkanes of at least 4 members (excludes halogenated alkanes) is 16. The second-order valence-corrected chi connectivity index (χ2v) is 13.4. The first-order valence-corrected chi connectivity index (χ1v) is 19.8. The highest BCUT2D eigenvalue weighted by Crippen LogP contribution is 2.17. The van der Waals surface area contributed by atoms with E-state index in [0.717, 1.165) is 89.9 Å². The standard InChI is InChI=1S/C41H74N2O6/c1-5-7-9-11-13-21-27-36-47-39(44)32-25-19-15-17-23-30-38(49-41(46)42-34-29-35-43(3)4)31-24-18-16-20-26-33-40(45)48-37-28-22-14-12-10-8-6-2/h21-22,27-29,35,38H,5-20,23-26,30-34,36-37H2,1-4H3,(H,42,46)/b27-21-,28-22-,35-29+. The van der Waals surface area contributed by atoms with Crippen LogP contribution >= 0.6 is 0 Å². The Hall–Kier alpha value is -2.77. The Morgan fingerprint density at radius 3 is 1.49 bits per heavy atom. The van der Waals surface area contributed by atoms with Crippen molar-refractivity contribution < 1.29 is 28.6 Å². The molecule has 0 aliphatic carbocycles. The molecule has 1 amide bonds. The summed E-state index contributed by atoms with van der Waals surface area (Å²) in [7, 11) is 3.88. The zero-order valence-corrected chi connectivity index (χ0v) is 32.0. The minimum atomic E-state index is -0.372. The van der Waals surface area contributed by atoms with Crippen LogP contribution in [0.1, 0.15) is 168 Å². The predicted molar refractivity (Wildman–Crippen MR) is 203 cm³/mol. The third kappa shape index (κ3) is 36.3. The van der Waals surface area contributed by atoms with Gasteiger partial charge >= 0.3 is 18.0 Å². The summed E-state index contributed by atoms with van der Waals surface area (Å²) in [4.78, 5) is 38.3. The maximum Gasteiger partial charge on any atom is 0.407 e. The molecule has 0 heterocycles. The number of ether oxygens (including phenoxy) is 3. The summed E-state index contributed by atoms with van der Waals surface area (Å²) >= 11 is 0. The zero-order valence-electron chi connectivity index (χ0n) is 32.0. The van der Waals surface area contributed by atoms with Gasteiger partial charge in [0.05, 0.1) is 0 Å². The van der Waals surface area contributed by atoms with E-state index in [4.69, 9.17) is 14.2 Å². The van der Waals surface area contributed by atoms with Crippen LogP contribution in [0.2, 0.25) is 0 Å². The average Bonchev–Trinajstić information content (AvgIpc) is 3.07. The Balaban J connectivity index is 4.18. The van der Waals surface area contributed by atoms with Crippen LogP contribution in [0.3, 0.4) is 0 Å². The Morgan fingerprint density at radius 2 is 1.02 bits per heavy atom. The van der Waals surface area contributed by atoms with Gasteiger partial charge in [-0.2, -0.15) is 0 Å². The first-order chi connectivity index (χ1) is 23.9. The number of esters is 2. The maximum absolute atomic E-state index is 12.4. The molecule has 8 nitrogen and oxygen atoms in total. The fourth-order valence-electron chi connectivity index (χ4n) is 5.38. The van der Waals surface area contributed by atoms with Crippen LogP contribution in [0, 0.1) is 0 Å². The Labute approximate surface area is 300 Å². The van der Waals surface area contributed by atoms with E-state index in [0.29, 0.717) is 32.6 Å². The van der Waals surface area contributed by atoms with Gasteiger partial charge < -0.3 is 24.4 Å². The monoisotopic (exact) mass is 691 g/mol. The highest BCUT2D eigenvalue weighted by atomic mass is 16.6. The minimum Gasteiger partial charge on any atom is -0.461 e. The van der Waals surface area contributed by atoms with Gasteiger partial charge in [0.2, 0.25) is 0 Å². The van der Waals surface area contributed by atoms with Crippen LogP contribution in [-0.2, 0) is 23.8 Å². The summed E-state index contributed by atoms with van der Waals surface area (Å²) in [6.45, 7) is 5.60. The molecule has 0 aromatic carbocycles. The van der Waals surface area contributed by atoms with Crippen molar-refractivity contribution >= 4 is 18.0 Å². The van der Waals surface area contributed by atoms with Crippen LogP contribution in [0.4, 0.5) is 4.79 Å². The lowest BCUT2D eigenvalue weighted by Crippen LogP contribution is -2.29. The van der Waals surface area contributed by atoms with Crippen LogP contribution in [0.5, 0.6) is 0 Å². The van der Waals surface area contributed by atoms with E-state index in [9.17, 15) is 14.4 Å². The summed E-state index contributed by atoms with van der Waals surface area (Å²) < 4.78 is 16.4. The van der Waals surface area contributed by atoms with Crippen molar-refractivity contribution in [3.63, 3.8) is 0 Å². The highest BCUT2D eigenvalue weighted by molar-refractivity contribution is 5.69. The molecule has 0 aliphatic heterocycles. The van der Waals surface area contributed by atoms with E-state index < -0.39 is 0 Å². The molecule has 0 spiro atoms. The molecule has 0 radical (unpaired) electrons. The van der Waals surface area contributed by atoms with Crippen LogP contribution < -0.4 is 5.32 Å². The Bertz CT molecular complexity index is 818. The summed E-state index contributed by atoms with van der Waals surface area (Å²) in [5.74, 6) is -0.238. The van der Waals surface area contributed by atoms with Crippen molar-refractivity contribution in [2.45, 2.75) is 174 Å². The van der Waals surface area contributed by atoms with Crippen molar-refractivity contribution in [3.8, 4) is 0 Å². The molecule has 0 aromatic heterocycles. The molecule has 0 rings (SSSR count). The summed E-state index contributed by atoms with van der Waals surface area (Å²) in [6.07, 6.45) is 36.0. The number of alkyl carbamates (subject to hydrolysis) is 1. The molecule has 284 valence electrons. The number of hydrogen-bond donors (Lipinski definition) is 1. The maximum atomic E-state index is 12.4. The van der Waals surface area contributed by atoms with Gasteiger partial charge in [-0.1, -0.05) is 115 Å². The molecule has 49 heavy (non-hydrogen) atoms. The van der Waals surface area contributed by atoms with Gasteiger partial charge in [0.15, 0.2) is 0 Å². The summed E-state index contributed by atoms with van der Waals surface area (Å²) in [5.41, 5.74) is 0. The van der Waals surface area contributed by atoms with E-state index in [2.05, 4.69) is 31.3 Å². The summed E-state index contributed by atoms with van der Waals surface area (Å²) in [6, 6.07) is 0. The van der Waals surface area contributed by atoms with Crippen molar-refractivity contribution in [2.75, 3.05) is 33.9 Å². The number of allylic oxidation sites excluding steroid dienone is 2. The van der Waals surface area contributed by atoms with Gasteiger partial charge in [0.25, 0.3) is 0 Å². The SMILES string of the molecule is CCCCCC/C=C\COC(=O)CCCCCCCC(CCCCCCCC(=O)OC/C=C\CCCCCC)OC(=O)NC/C=C/N(C)C. The third-order valence-electron chi connectivity index (χ3n) is 8.32. The molecule has 0 aromatic rings. The number of hydrogen-bond acceptors (Lipinski definition) is 7. The van der Waals surface area contributed by atoms with Crippen molar-refractivity contribution in [1.82, 2.24) is 10.2 Å². The molecular formula is C41H74N2O6. The van der Waals surface area contributed by atoms with E-state index in [1.54, 1.807) is 0 Å². The largest absolute Gasteiger partial charge is 0.461 e. The summed E-state index contributed by atoms with van der Waals surface area (Å²) in [5, 5.41) is 2.82.